The van der Waals surface area contributed by atoms with Crippen molar-refractivity contribution in [2.75, 3.05) is 9.80 Å². The second kappa shape index (κ2) is 11.9. The van der Waals surface area contributed by atoms with Crippen LogP contribution in [-0.2, 0) is 10.8 Å². The van der Waals surface area contributed by atoms with E-state index < -0.39 is 0 Å². The first-order chi connectivity index (χ1) is 28.3. The van der Waals surface area contributed by atoms with Crippen molar-refractivity contribution in [1.29, 1.82) is 0 Å². The predicted molar refractivity (Wildman–Crippen MR) is 239 cm³/mol. The normalized spacial score (nSPS) is 18.4. The van der Waals surface area contributed by atoms with Gasteiger partial charge in [0.05, 0.1) is 0 Å². The second-order valence-corrected chi connectivity index (χ2v) is 17.8. The zero-order valence-corrected chi connectivity index (χ0v) is 32.5. The molecular weight excluding hydrogens is 687 g/mol. The maximum Gasteiger partial charge on any atom is 0.252 e. The molecule has 7 aromatic rings. The molecule has 2 spiro atoms. The number of benzene rings is 7. The number of hydrogen-bond acceptors (Lipinski definition) is 2. The van der Waals surface area contributed by atoms with Crippen LogP contribution in [0.25, 0.3) is 22.3 Å². The molecule has 0 N–H and O–H groups in total. The van der Waals surface area contributed by atoms with Crippen LogP contribution >= 0.6 is 0 Å². The molecule has 0 aromatic heterocycles. The lowest BCUT2D eigenvalue weighted by atomic mass is 9.33. The zero-order chi connectivity index (χ0) is 37.3. The molecule has 6 aliphatic rings. The summed E-state index contributed by atoms with van der Waals surface area (Å²) >= 11 is 0. The third kappa shape index (κ3) is 4.22. The van der Waals surface area contributed by atoms with Crippen LogP contribution in [0, 0.1) is 0 Å². The van der Waals surface area contributed by atoms with Crippen LogP contribution in [-0.4, -0.2) is 6.71 Å². The van der Waals surface area contributed by atoms with Crippen molar-refractivity contribution < 1.29 is 0 Å². The smallest absolute Gasteiger partial charge is 0.252 e. The fourth-order valence-electron chi connectivity index (χ4n) is 12.9. The van der Waals surface area contributed by atoms with Crippen molar-refractivity contribution in [3.05, 3.63) is 174 Å². The fraction of sp³-hybridized carbons (Fsp3) is 0.222. The molecule has 0 saturated heterocycles. The van der Waals surface area contributed by atoms with E-state index in [2.05, 4.69) is 161 Å². The van der Waals surface area contributed by atoms with Crippen molar-refractivity contribution in [2.24, 2.45) is 0 Å². The first-order valence-electron chi connectivity index (χ1n) is 21.7. The number of hydrogen-bond donors (Lipinski definition) is 0. The highest BCUT2D eigenvalue weighted by molar-refractivity contribution is 7.00. The van der Waals surface area contributed by atoms with Gasteiger partial charge in [0.1, 0.15) is 0 Å². The topological polar surface area (TPSA) is 6.48 Å². The molecule has 0 amide bonds. The van der Waals surface area contributed by atoms with Gasteiger partial charge in [-0.05, 0) is 135 Å². The molecule has 0 unspecified atom stereocenters. The summed E-state index contributed by atoms with van der Waals surface area (Å²) in [5, 5.41) is 0. The molecular formula is C54H45BN2. The van der Waals surface area contributed by atoms with Gasteiger partial charge in [0.2, 0.25) is 0 Å². The summed E-state index contributed by atoms with van der Waals surface area (Å²) < 4.78 is 0. The van der Waals surface area contributed by atoms with Crippen LogP contribution in [0.5, 0.6) is 0 Å². The summed E-state index contributed by atoms with van der Waals surface area (Å²) in [5.41, 5.74) is 24.0. The minimum absolute atomic E-state index is 0.0906. The molecule has 274 valence electrons. The van der Waals surface area contributed by atoms with Crippen molar-refractivity contribution in [1.82, 2.24) is 0 Å². The van der Waals surface area contributed by atoms with E-state index in [1.165, 1.54) is 137 Å². The van der Waals surface area contributed by atoms with Crippen LogP contribution in [0.2, 0.25) is 0 Å². The number of fused-ring (bicyclic) bond motifs is 14. The highest BCUT2D eigenvalue weighted by atomic mass is 15.2. The Morgan fingerprint density at radius 3 is 1.60 bits per heavy atom. The highest BCUT2D eigenvalue weighted by Crippen LogP contribution is 2.59. The molecule has 2 aliphatic heterocycles. The first kappa shape index (κ1) is 32.3. The Balaban J connectivity index is 1.06. The van der Waals surface area contributed by atoms with E-state index in [1.54, 1.807) is 22.3 Å². The van der Waals surface area contributed by atoms with Gasteiger partial charge in [-0.2, -0.15) is 0 Å². The summed E-state index contributed by atoms with van der Waals surface area (Å²) in [6.45, 7) is 0.111. The maximum atomic E-state index is 2.65. The van der Waals surface area contributed by atoms with Gasteiger partial charge in [-0.25, -0.2) is 0 Å². The summed E-state index contributed by atoms with van der Waals surface area (Å²) in [7, 11) is 0. The van der Waals surface area contributed by atoms with E-state index in [9.17, 15) is 0 Å². The van der Waals surface area contributed by atoms with Crippen molar-refractivity contribution in [3.8, 4) is 22.3 Å². The lowest BCUT2D eigenvalue weighted by molar-refractivity contribution is 0.353. The Hall–Kier alpha value is -5.80. The van der Waals surface area contributed by atoms with Gasteiger partial charge in [0.15, 0.2) is 0 Å². The molecule has 0 radical (unpaired) electrons. The third-order valence-electron chi connectivity index (χ3n) is 15.2. The van der Waals surface area contributed by atoms with Crippen molar-refractivity contribution in [2.45, 2.75) is 75.0 Å². The number of para-hydroxylation sites is 2. The molecule has 2 fully saturated rings. The third-order valence-corrected chi connectivity index (χ3v) is 15.2. The summed E-state index contributed by atoms with van der Waals surface area (Å²) in [6.07, 6.45) is 12.8. The standard InChI is InChI=1S/C54H45BN2/c1-4-17-36(18-5-1)56-49-25-16-26-50-52(49)55(47-34-41-39-20-7-9-22-43(39)54(31-14-3-15-32-54)45(41)35-51(47)56)46-23-10-11-24-48(46)57(50)37-27-28-44-40(33-37)38-19-6-8-21-42(38)53(44)29-12-2-13-30-53/h1,4-11,16-28,33-35H,2-3,12-15,29-32H2. The average molecular weight is 733 g/mol. The molecule has 0 atom stereocenters. The minimum Gasteiger partial charge on any atom is -0.311 e. The van der Waals surface area contributed by atoms with Crippen molar-refractivity contribution in [3.63, 3.8) is 0 Å². The lowest BCUT2D eigenvalue weighted by Crippen LogP contribution is -2.61. The van der Waals surface area contributed by atoms with Crippen molar-refractivity contribution >= 4 is 57.2 Å². The van der Waals surface area contributed by atoms with E-state index >= 15 is 0 Å². The summed E-state index contributed by atoms with van der Waals surface area (Å²) in [4.78, 5) is 5.19. The van der Waals surface area contributed by atoms with Crippen LogP contribution in [0.3, 0.4) is 0 Å². The van der Waals surface area contributed by atoms with E-state index in [4.69, 9.17) is 0 Å². The second-order valence-electron chi connectivity index (χ2n) is 17.8. The average Bonchev–Trinajstić information content (AvgIpc) is 3.68. The maximum absolute atomic E-state index is 2.65. The van der Waals surface area contributed by atoms with Gasteiger partial charge in [-0.15, -0.1) is 0 Å². The first-order valence-corrected chi connectivity index (χ1v) is 21.7. The Labute approximate surface area is 336 Å². The number of anilines is 6. The Kier molecular flexibility index (Phi) is 6.73. The van der Waals surface area contributed by atoms with Crippen LogP contribution < -0.4 is 26.2 Å². The molecule has 2 heterocycles. The monoisotopic (exact) mass is 732 g/mol. The van der Waals surface area contributed by atoms with Gasteiger partial charge < -0.3 is 9.80 Å². The van der Waals surface area contributed by atoms with E-state index in [1.807, 2.05) is 0 Å². The highest BCUT2D eigenvalue weighted by Gasteiger charge is 2.49. The molecule has 0 bridgehead atoms. The molecule has 57 heavy (non-hydrogen) atoms. The minimum atomic E-state index is 0.0906. The van der Waals surface area contributed by atoms with Gasteiger partial charge >= 0.3 is 0 Å². The summed E-state index contributed by atoms with van der Waals surface area (Å²) in [5.74, 6) is 0. The molecule has 13 rings (SSSR count). The van der Waals surface area contributed by atoms with Gasteiger partial charge in [-0.3, -0.25) is 0 Å². The molecule has 3 heteroatoms. The Morgan fingerprint density at radius 1 is 0.351 bits per heavy atom. The predicted octanol–water partition coefficient (Wildman–Crippen LogP) is 12.2. The molecule has 7 aromatic carbocycles. The summed E-state index contributed by atoms with van der Waals surface area (Å²) in [6, 6.07) is 59.0. The lowest BCUT2D eigenvalue weighted by Gasteiger charge is -2.45. The SMILES string of the molecule is c1ccc(N2c3cc4c(cc3B3c5ccccc5N(c5ccc6c(c5)-c5ccccc5C65CCCCC5)c5cccc2c53)-c2ccccc2C42CCCCC2)cc1. The van der Waals surface area contributed by atoms with E-state index in [-0.39, 0.29) is 17.5 Å². The molecule has 2 saturated carbocycles. The van der Waals surface area contributed by atoms with E-state index in [0.717, 1.165) is 0 Å². The Morgan fingerprint density at radius 2 is 0.895 bits per heavy atom. The van der Waals surface area contributed by atoms with E-state index in [0.29, 0.717) is 0 Å². The molecule has 2 nitrogen and oxygen atoms in total. The zero-order valence-electron chi connectivity index (χ0n) is 32.5. The van der Waals surface area contributed by atoms with Gasteiger partial charge in [0.25, 0.3) is 6.71 Å². The van der Waals surface area contributed by atoms with Crippen LogP contribution in [0.15, 0.2) is 152 Å². The van der Waals surface area contributed by atoms with Gasteiger partial charge in [0, 0.05) is 45.0 Å². The molecule has 4 aliphatic carbocycles. The number of rotatable bonds is 2. The van der Waals surface area contributed by atoms with Crippen LogP contribution in [0.4, 0.5) is 34.1 Å². The Bertz CT molecular complexity index is 2790. The number of nitrogens with zero attached hydrogens (tertiary/aromatic N) is 2. The largest absolute Gasteiger partial charge is 0.311 e. The quantitative estimate of drug-likeness (QED) is 0.163. The van der Waals surface area contributed by atoms with Gasteiger partial charge in [-0.1, -0.05) is 142 Å². The fourth-order valence-corrected chi connectivity index (χ4v) is 12.9. The van der Waals surface area contributed by atoms with Crippen LogP contribution in [0.1, 0.15) is 86.5 Å².